The van der Waals surface area contributed by atoms with Gasteiger partial charge in [0.15, 0.2) is 0 Å². The highest BCUT2D eigenvalue weighted by molar-refractivity contribution is 9.10. The monoisotopic (exact) mass is 297 g/mol. The van der Waals surface area contributed by atoms with Crippen LogP contribution in [0.5, 0.6) is 0 Å². The molecule has 0 amide bonds. The first kappa shape index (κ1) is 12.6. The molecule has 92 valence electrons. The zero-order valence-corrected chi connectivity index (χ0v) is 11.2. The van der Waals surface area contributed by atoms with Crippen LogP contribution < -0.4 is 5.32 Å². The highest BCUT2D eigenvalue weighted by Crippen LogP contribution is 2.25. The molecule has 2 N–H and O–H groups in total. The van der Waals surface area contributed by atoms with Crippen molar-refractivity contribution in [1.29, 1.82) is 0 Å². The molecule has 0 radical (unpaired) electrons. The number of hydrogen-bond acceptors (Lipinski definition) is 2. The first-order valence-corrected chi connectivity index (χ1v) is 6.65. The van der Waals surface area contributed by atoms with E-state index >= 15 is 0 Å². The lowest BCUT2D eigenvalue weighted by Gasteiger charge is -2.34. The number of carbonyl (C=O) groups is 1. The Morgan fingerprint density at radius 2 is 2.06 bits per heavy atom. The molecule has 1 aliphatic rings. The van der Waals surface area contributed by atoms with E-state index < -0.39 is 11.5 Å². The van der Waals surface area contributed by atoms with E-state index in [1.54, 1.807) is 0 Å². The number of aliphatic carboxylic acids is 1. The van der Waals surface area contributed by atoms with Gasteiger partial charge in [0.25, 0.3) is 0 Å². The topological polar surface area (TPSA) is 49.3 Å². The van der Waals surface area contributed by atoms with Crippen LogP contribution in [0.2, 0.25) is 0 Å². The molecule has 1 fully saturated rings. The fraction of sp³-hybridized carbons (Fsp3) is 0.462. The van der Waals surface area contributed by atoms with Crippen molar-refractivity contribution in [1.82, 2.24) is 5.32 Å². The molecule has 3 nitrogen and oxygen atoms in total. The Bertz CT molecular complexity index is 396. The summed E-state index contributed by atoms with van der Waals surface area (Å²) >= 11 is 3.38. The number of benzene rings is 1. The predicted molar refractivity (Wildman–Crippen MR) is 70.1 cm³/mol. The number of halogens is 1. The average molecular weight is 298 g/mol. The number of carboxylic acid groups (broad SMARTS) is 1. The van der Waals surface area contributed by atoms with E-state index in [1.807, 2.05) is 24.3 Å². The molecule has 1 aliphatic heterocycles. The molecule has 1 heterocycles. The van der Waals surface area contributed by atoms with Crippen LogP contribution in [-0.4, -0.2) is 23.2 Å². The lowest BCUT2D eigenvalue weighted by atomic mass is 9.83. The molecule has 0 aromatic heterocycles. The van der Waals surface area contributed by atoms with Gasteiger partial charge in [-0.1, -0.05) is 28.1 Å². The summed E-state index contributed by atoms with van der Waals surface area (Å²) in [7, 11) is 0. The van der Waals surface area contributed by atoms with Gasteiger partial charge in [-0.15, -0.1) is 0 Å². The largest absolute Gasteiger partial charge is 0.480 e. The summed E-state index contributed by atoms with van der Waals surface area (Å²) in [5.74, 6) is -0.736. The molecule has 1 atom stereocenters. The van der Waals surface area contributed by atoms with Crippen LogP contribution in [0, 0.1) is 0 Å². The summed E-state index contributed by atoms with van der Waals surface area (Å²) in [6.07, 6.45) is 3.30. The van der Waals surface area contributed by atoms with Gasteiger partial charge in [-0.2, -0.15) is 0 Å². The number of carboxylic acids is 1. The van der Waals surface area contributed by atoms with E-state index in [-0.39, 0.29) is 0 Å². The Morgan fingerprint density at radius 1 is 1.35 bits per heavy atom. The lowest BCUT2D eigenvalue weighted by molar-refractivity contribution is -0.146. The minimum absolute atomic E-state index is 0.551. The maximum Gasteiger partial charge on any atom is 0.324 e. The SMILES string of the molecule is O=C(O)C1(Cc2ccc(Br)cc2)CCCCN1. The molecule has 4 heteroatoms. The number of piperidine rings is 1. The van der Waals surface area contributed by atoms with Gasteiger partial charge in [-0.25, -0.2) is 0 Å². The molecule has 2 rings (SSSR count). The Morgan fingerprint density at radius 3 is 2.59 bits per heavy atom. The summed E-state index contributed by atoms with van der Waals surface area (Å²) in [5.41, 5.74) is 0.288. The molecule has 0 saturated carbocycles. The molecule has 1 unspecified atom stereocenters. The normalized spacial score (nSPS) is 24.5. The van der Waals surface area contributed by atoms with Crippen molar-refractivity contribution in [2.45, 2.75) is 31.2 Å². The van der Waals surface area contributed by atoms with E-state index in [9.17, 15) is 9.90 Å². The quantitative estimate of drug-likeness (QED) is 0.902. The van der Waals surface area contributed by atoms with Crippen LogP contribution in [0.3, 0.4) is 0 Å². The molecular weight excluding hydrogens is 282 g/mol. The molecule has 0 aliphatic carbocycles. The van der Waals surface area contributed by atoms with Gasteiger partial charge in [-0.05, 0) is 43.5 Å². The highest BCUT2D eigenvalue weighted by Gasteiger charge is 2.39. The molecule has 1 aromatic rings. The van der Waals surface area contributed by atoms with E-state index in [4.69, 9.17) is 0 Å². The van der Waals surface area contributed by atoms with Gasteiger partial charge >= 0.3 is 5.97 Å². The summed E-state index contributed by atoms with van der Waals surface area (Å²) in [4.78, 5) is 11.5. The third-order valence-corrected chi connectivity index (χ3v) is 3.85. The van der Waals surface area contributed by atoms with E-state index in [0.717, 1.165) is 29.4 Å². The van der Waals surface area contributed by atoms with Gasteiger partial charge < -0.3 is 10.4 Å². The minimum Gasteiger partial charge on any atom is -0.480 e. The molecule has 17 heavy (non-hydrogen) atoms. The van der Waals surface area contributed by atoms with Crippen molar-refractivity contribution in [2.24, 2.45) is 0 Å². The second-order valence-corrected chi connectivity index (χ2v) is 5.49. The van der Waals surface area contributed by atoms with Crippen LogP contribution in [0.25, 0.3) is 0 Å². The van der Waals surface area contributed by atoms with E-state index in [0.29, 0.717) is 12.8 Å². The fourth-order valence-electron chi connectivity index (χ4n) is 2.33. The fourth-order valence-corrected chi connectivity index (χ4v) is 2.59. The van der Waals surface area contributed by atoms with Crippen LogP contribution in [-0.2, 0) is 11.2 Å². The highest BCUT2D eigenvalue weighted by atomic mass is 79.9. The van der Waals surface area contributed by atoms with Crippen molar-refractivity contribution < 1.29 is 9.90 Å². The van der Waals surface area contributed by atoms with Crippen molar-refractivity contribution >= 4 is 21.9 Å². The zero-order chi connectivity index (χ0) is 12.3. The maximum absolute atomic E-state index is 11.5. The third kappa shape index (κ3) is 2.87. The summed E-state index contributed by atoms with van der Waals surface area (Å²) in [6.45, 7) is 0.794. The van der Waals surface area contributed by atoms with Crippen LogP contribution in [0.15, 0.2) is 28.7 Å². The Kier molecular flexibility index (Phi) is 3.84. The molecular formula is C13H16BrNO2. The second-order valence-electron chi connectivity index (χ2n) is 4.57. The first-order valence-electron chi connectivity index (χ1n) is 5.85. The van der Waals surface area contributed by atoms with Crippen LogP contribution >= 0.6 is 15.9 Å². The third-order valence-electron chi connectivity index (χ3n) is 3.32. The summed E-state index contributed by atoms with van der Waals surface area (Å²) in [5, 5.41) is 12.6. The minimum atomic E-state index is -0.772. The first-order chi connectivity index (χ1) is 8.12. The summed E-state index contributed by atoms with van der Waals surface area (Å²) < 4.78 is 1.02. The van der Waals surface area contributed by atoms with Gasteiger partial charge in [0, 0.05) is 10.9 Å². The molecule has 1 aromatic carbocycles. The maximum atomic E-state index is 11.5. The van der Waals surface area contributed by atoms with Gasteiger partial charge in [0.2, 0.25) is 0 Å². The van der Waals surface area contributed by atoms with E-state index in [1.165, 1.54) is 0 Å². The van der Waals surface area contributed by atoms with Gasteiger partial charge in [0.05, 0.1) is 0 Å². The Hall–Kier alpha value is -0.870. The Balaban J connectivity index is 2.17. The number of rotatable bonds is 3. The van der Waals surface area contributed by atoms with Gasteiger partial charge in [0.1, 0.15) is 5.54 Å². The molecule has 0 spiro atoms. The van der Waals surface area contributed by atoms with Gasteiger partial charge in [-0.3, -0.25) is 4.79 Å². The molecule has 0 bridgehead atoms. The van der Waals surface area contributed by atoms with Crippen molar-refractivity contribution in [3.05, 3.63) is 34.3 Å². The predicted octanol–water partition coefficient (Wildman–Crippen LogP) is 2.59. The van der Waals surface area contributed by atoms with Crippen molar-refractivity contribution in [2.75, 3.05) is 6.54 Å². The van der Waals surface area contributed by atoms with Crippen molar-refractivity contribution in [3.63, 3.8) is 0 Å². The van der Waals surface area contributed by atoms with Crippen LogP contribution in [0.1, 0.15) is 24.8 Å². The second kappa shape index (κ2) is 5.19. The van der Waals surface area contributed by atoms with Crippen LogP contribution in [0.4, 0.5) is 0 Å². The number of nitrogens with one attached hydrogen (secondary N) is 1. The number of hydrogen-bond donors (Lipinski definition) is 2. The smallest absolute Gasteiger partial charge is 0.324 e. The standard InChI is InChI=1S/C13H16BrNO2/c14-11-5-3-10(4-6-11)9-13(12(16)17)7-1-2-8-15-13/h3-6,15H,1-2,7-9H2,(H,16,17). The zero-order valence-electron chi connectivity index (χ0n) is 9.58. The molecule has 1 saturated heterocycles. The van der Waals surface area contributed by atoms with E-state index in [2.05, 4.69) is 21.2 Å². The Labute approximate surface area is 109 Å². The lowest BCUT2D eigenvalue weighted by Crippen LogP contribution is -2.56. The van der Waals surface area contributed by atoms with Crippen molar-refractivity contribution in [3.8, 4) is 0 Å². The average Bonchev–Trinajstić information content (AvgIpc) is 2.33. The summed E-state index contributed by atoms with van der Waals surface area (Å²) in [6, 6.07) is 7.86.